The van der Waals surface area contributed by atoms with Crippen LogP contribution in [0.1, 0.15) is 245 Å². The fraction of sp³-hybridized carbons (Fsp3) is 0.732. The molecule has 0 aromatic heterocycles. The summed E-state index contributed by atoms with van der Waals surface area (Å²) in [5, 5.41) is 23.3. The highest BCUT2D eigenvalue weighted by Gasteiger charge is 2.20. The quantitative estimate of drug-likeness (QED) is 0.0423. The van der Waals surface area contributed by atoms with E-state index in [1.54, 1.807) is 0 Å². The molecule has 0 saturated carbocycles. The number of amides is 1. The maximum absolute atomic E-state index is 12.5. The minimum absolute atomic E-state index is 0.0642. The Morgan fingerprint density at radius 2 is 0.733 bits per heavy atom. The second-order valence-corrected chi connectivity index (χ2v) is 17.2. The van der Waals surface area contributed by atoms with Crippen molar-refractivity contribution >= 4 is 5.91 Å². The number of aliphatic hydroxyl groups excluding tert-OH is 2. The molecule has 0 heterocycles. The van der Waals surface area contributed by atoms with Crippen LogP contribution in [0.15, 0.2) is 85.1 Å². The van der Waals surface area contributed by atoms with Crippen LogP contribution in [0, 0.1) is 0 Å². The van der Waals surface area contributed by atoms with Crippen LogP contribution in [0.3, 0.4) is 0 Å². The number of rotatable bonds is 46. The summed E-state index contributed by atoms with van der Waals surface area (Å²) in [6.45, 7) is 4.24. The minimum Gasteiger partial charge on any atom is -0.394 e. The lowest BCUT2D eigenvalue weighted by Gasteiger charge is -2.22. The first kappa shape index (κ1) is 57.6. The molecule has 0 radical (unpaired) electrons. The van der Waals surface area contributed by atoms with Gasteiger partial charge in [0.1, 0.15) is 0 Å². The highest BCUT2D eigenvalue weighted by atomic mass is 16.3. The number of unbranched alkanes of at least 4 members (excludes halogenated alkanes) is 25. The van der Waals surface area contributed by atoms with Gasteiger partial charge in [0.25, 0.3) is 0 Å². The molecule has 0 saturated heterocycles. The summed E-state index contributed by atoms with van der Waals surface area (Å²) in [5.74, 6) is -0.0642. The lowest BCUT2D eigenvalue weighted by atomic mass is 10.0. The Kier molecular flexibility index (Phi) is 48.9. The van der Waals surface area contributed by atoms with Crippen LogP contribution in [0.5, 0.6) is 0 Å². The molecule has 0 aromatic rings. The molecule has 4 heteroatoms. The Morgan fingerprint density at radius 1 is 0.417 bits per heavy atom. The average Bonchev–Trinajstić information content (AvgIpc) is 3.25. The van der Waals surface area contributed by atoms with Gasteiger partial charge in [0.05, 0.1) is 18.8 Å². The van der Waals surface area contributed by atoms with Crippen molar-refractivity contribution in [2.45, 2.75) is 257 Å². The van der Waals surface area contributed by atoms with Crippen LogP contribution in [0.2, 0.25) is 0 Å². The number of carbonyl (C=O) groups is 1. The largest absolute Gasteiger partial charge is 0.394 e. The molecule has 0 aliphatic heterocycles. The topological polar surface area (TPSA) is 69.6 Å². The Morgan fingerprint density at radius 3 is 1.08 bits per heavy atom. The van der Waals surface area contributed by atoms with Crippen LogP contribution in [0.25, 0.3) is 0 Å². The van der Waals surface area contributed by atoms with Crippen molar-refractivity contribution < 1.29 is 15.0 Å². The van der Waals surface area contributed by atoms with E-state index in [-0.39, 0.29) is 12.5 Å². The van der Waals surface area contributed by atoms with Gasteiger partial charge in [-0.05, 0) is 70.6 Å². The maximum Gasteiger partial charge on any atom is 0.220 e. The van der Waals surface area contributed by atoms with Gasteiger partial charge in [0.15, 0.2) is 0 Å². The summed E-state index contributed by atoms with van der Waals surface area (Å²) in [6, 6.07) is -0.561. The van der Waals surface area contributed by atoms with E-state index in [1.165, 1.54) is 135 Å². The first-order valence-electron chi connectivity index (χ1n) is 25.8. The smallest absolute Gasteiger partial charge is 0.220 e. The van der Waals surface area contributed by atoms with Gasteiger partial charge in [-0.1, -0.05) is 253 Å². The Bertz CT molecular complexity index is 1080. The van der Waals surface area contributed by atoms with E-state index in [9.17, 15) is 15.0 Å². The van der Waals surface area contributed by atoms with Crippen molar-refractivity contribution in [1.29, 1.82) is 0 Å². The highest BCUT2D eigenvalue weighted by Crippen LogP contribution is 2.16. The summed E-state index contributed by atoms with van der Waals surface area (Å²) < 4.78 is 0. The van der Waals surface area contributed by atoms with E-state index < -0.39 is 12.1 Å². The van der Waals surface area contributed by atoms with Gasteiger partial charge in [0, 0.05) is 6.42 Å². The van der Waals surface area contributed by atoms with E-state index in [0.29, 0.717) is 12.8 Å². The summed E-state index contributed by atoms with van der Waals surface area (Å²) in [7, 11) is 0. The highest BCUT2D eigenvalue weighted by molar-refractivity contribution is 5.76. The van der Waals surface area contributed by atoms with Gasteiger partial charge in [-0.25, -0.2) is 0 Å². The van der Waals surface area contributed by atoms with Crippen molar-refractivity contribution in [3.05, 3.63) is 85.1 Å². The number of carbonyl (C=O) groups excluding carboxylic acids is 1. The number of aliphatic hydroxyl groups is 2. The molecule has 60 heavy (non-hydrogen) atoms. The van der Waals surface area contributed by atoms with Gasteiger partial charge in [-0.3, -0.25) is 4.79 Å². The predicted molar refractivity (Wildman–Crippen MR) is 267 cm³/mol. The second-order valence-electron chi connectivity index (χ2n) is 17.2. The molecule has 3 N–H and O–H groups in total. The zero-order valence-electron chi connectivity index (χ0n) is 39.7. The van der Waals surface area contributed by atoms with Crippen LogP contribution >= 0.6 is 0 Å². The molecular weight excluding hydrogens is 735 g/mol. The summed E-state index contributed by atoms with van der Waals surface area (Å²) in [6.07, 6.45) is 74.0. The zero-order valence-corrected chi connectivity index (χ0v) is 39.7. The fourth-order valence-corrected chi connectivity index (χ4v) is 7.52. The summed E-state index contributed by atoms with van der Waals surface area (Å²) in [5.41, 5.74) is 0. The summed E-state index contributed by atoms with van der Waals surface area (Å²) >= 11 is 0. The normalized spacial score (nSPS) is 13.6. The monoisotopic (exact) mass is 834 g/mol. The van der Waals surface area contributed by atoms with E-state index in [1.807, 2.05) is 0 Å². The van der Waals surface area contributed by atoms with E-state index in [4.69, 9.17) is 0 Å². The van der Waals surface area contributed by atoms with Crippen molar-refractivity contribution in [1.82, 2.24) is 5.32 Å². The maximum atomic E-state index is 12.5. The van der Waals surface area contributed by atoms with Gasteiger partial charge in [-0.2, -0.15) is 0 Å². The molecule has 0 rings (SSSR count). The third-order valence-corrected chi connectivity index (χ3v) is 11.4. The molecule has 0 fully saturated rings. The van der Waals surface area contributed by atoms with Gasteiger partial charge >= 0.3 is 0 Å². The molecule has 0 aromatic carbocycles. The Labute approximate surface area is 373 Å². The van der Waals surface area contributed by atoms with E-state index in [0.717, 1.165) is 83.5 Å². The third kappa shape index (κ3) is 46.6. The van der Waals surface area contributed by atoms with E-state index in [2.05, 4.69) is 104 Å². The number of nitrogens with one attached hydrogen (secondary N) is 1. The van der Waals surface area contributed by atoms with Crippen molar-refractivity contribution in [2.75, 3.05) is 6.61 Å². The zero-order chi connectivity index (χ0) is 43.5. The lowest BCUT2D eigenvalue weighted by molar-refractivity contribution is -0.123. The minimum atomic E-state index is -0.680. The molecular formula is C56H99NO3. The number of hydrogen-bond donors (Lipinski definition) is 3. The Hall–Kier alpha value is -2.43. The third-order valence-electron chi connectivity index (χ3n) is 11.4. The van der Waals surface area contributed by atoms with Gasteiger partial charge in [0.2, 0.25) is 5.91 Å². The number of hydrogen-bond acceptors (Lipinski definition) is 3. The Balaban J connectivity index is 3.60. The molecule has 0 bridgehead atoms. The van der Waals surface area contributed by atoms with Crippen LogP contribution in [-0.4, -0.2) is 34.9 Å². The summed E-state index contributed by atoms with van der Waals surface area (Å²) in [4.78, 5) is 12.5. The van der Waals surface area contributed by atoms with E-state index >= 15 is 0 Å². The first-order chi connectivity index (χ1) is 29.7. The standard InChI is InChI=1S/C56H99NO3/c1-3-5-7-9-11-13-15-17-19-21-23-25-27-28-30-32-34-36-38-40-42-44-46-48-50-52-56(60)57-54(53-58)55(59)51-49-47-45-43-41-39-37-35-33-31-29-26-24-22-20-18-16-14-12-10-8-6-4-2/h5,7,11,13,17,19,23,25,28,30,34,36,40,42,54-55,58-59H,3-4,6,8-10,12,14-16,18,20-22,24,26-27,29,31-33,35,37-39,41,43-53H2,1-2H3,(H,57,60)/b7-5-,13-11-,19-17-,25-23-,30-28-,36-34-,42-40-. The molecule has 0 aliphatic carbocycles. The fourth-order valence-electron chi connectivity index (χ4n) is 7.52. The van der Waals surface area contributed by atoms with Crippen molar-refractivity contribution in [2.24, 2.45) is 0 Å². The predicted octanol–water partition coefficient (Wildman–Crippen LogP) is 16.8. The number of allylic oxidation sites excluding steroid dienone is 14. The average molecular weight is 834 g/mol. The van der Waals surface area contributed by atoms with Crippen molar-refractivity contribution in [3.63, 3.8) is 0 Å². The second kappa shape index (κ2) is 50.9. The molecule has 2 unspecified atom stereocenters. The van der Waals surface area contributed by atoms with Crippen LogP contribution in [0.4, 0.5) is 0 Å². The molecule has 1 amide bonds. The molecule has 2 atom stereocenters. The van der Waals surface area contributed by atoms with Crippen LogP contribution in [-0.2, 0) is 4.79 Å². The lowest BCUT2D eigenvalue weighted by Crippen LogP contribution is -2.45. The first-order valence-corrected chi connectivity index (χ1v) is 25.8. The molecule has 0 spiro atoms. The van der Waals surface area contributed by atoms with Gasteiger partial charge < -0.3 is 15.5 Å². The molecule has 0 aliphatic rings. The van der Waals surface area contributed by atoms with Crippen molar-refractivity contribution in [3.8, 4) is 0 Å². The molecule has 346 valence electrons. The SMILES string of the molecule is CC/C=C\C/C=C\C/C=C\C/C=C\C/C=C\C/C=C\C/C=C\CCCCCC(=O)NC(CO)C(O)CCCCCCCCCCCCCCCCCCCCCCCCC. The van der Waals surface area contributed by atoms with Crippen LogP contribution < -0.4 is 5.32 Å². The van der Waals surface area contributed by atoms with Gasteiger partial charge in [-0.15, -0.1) is 0 Å². The molecule has 4 nitrogen and oxygen atoms in total.